The van der Waals surface area contributed by atoms with Crippen LogP contribution in [0.4, 0.5) is 0 Å². The smallest absolute Gasteiger partial charge is 0.131 e. The van der Waals surface area contributed by atoms with Gasteiger partial charge >= 0.3 is 0 Å². The Morgan fingerprint density at radius 2 is 1.92 bits per heavy atom. The summed E-state index contributed by atoms with van der Waals surface area (Å²) in [5.74, 6) is 1.16. The van der Waals surface area contributed by atoms with E-state index < -0.39 is 0 Å². The fraction of sp³-hybridized carbons (Fsp3) is 0.565. The number of unbranched alkanes of at least 4 members (excludes halogenated alkanes) is 4. The van der Waals surface area contributed by atoms with Crippen LogP contribution in [0.15, 0.2) is 29.9 Å². The molecule has 1 atom stereocenters. The molecule has 0 aromatic heterocycles. The van der Waals surface area contributed by atoms with Gasteiger partial charge in [-0.25, -0.2) is 0 Å². The van der Waals surface area contributed by atoms with Gasteiger partial charge in [-0.05, 0) is 76.3 Å². The Hall–Kier alpha value is -1.70. The van der Waals surface area contributed by atoms with Gasteiger partial charge in [0.2, 0.25) is 0 Å². The molecule has 138 valence electrons. The van der Waals surface area contributed by atoms with E-state index in [-0.39, 0.29) is 5.60 Å². The van der Waals surface area contributed by atoms with Gasteiger partial charge in [0.1, 0.15) is 17.1 Å². The first-order valence-electron chi connectivity index (χ1n) is 9.81. The van der Waals surface area contributed by atoms with Gasteiger partial charge < -0.3 is 9.84 Å². The van der Waals surface area contributed by atoms with E-state index in [1.165, 1.54) is 43.2 Å². The van der Waals surface area contributed by atoms with E-state index in [1.54, 1.807) is 0 Å². The third kappa shape index (κ3) is 5.95. The quantitative estimate of drug-likeness (QED) is 0.394. The number of phenols is 1. The Morgan fingerprint density at radius 3 is 2.64 bits per heavy atom. The molecule has 1 unspecified atom stereocenters. The minimum Gasteiger partial charge on any atom is -0.507 e. The summed E-state index contributed by atoms with van der Waals surface area (Å²) < 4.78 is 6.29. The number of ether oxygens (including phenoxy) is 1. The van der Waals surface area contributed by atoms with Crippen LogP contribution in [0, 0.1) is 0 Å². The fourth-order valence-corrected chi connectivity index (χ4v) is 3.32. The minimum absolute atomic E-state index is 0.300. The predicted molar refractivity (Wildman–Crippen MR) is 107 cm³/mol. The van der Waals surface area contributed by atoms with Crippen molar-refractivity contribution < 1.29 is 9.84 Å². The molecule has 1 aliphatic rings. The van der Waals surface area contributed by atoms with Crippen molar-refractivity contribution in [1.82, 2.24) is 0 Å². The monoisotopic (exact) mass is 342 g/mol. The zero-order valence-corrected chi connectivity index (χ0v) is 16.4. The molecule has 1 aromatic carbocycles. The molecule has 1 heterocycles. The molecule has 1 aromatic rings. The van der Waals surface area contributed by atoms with Crippen molar-refractivity contribution in [2.24, 2.45) is 0 Å². The van der Waals surface area contributed by atoms with E-state index in [4.69, 9.17) is 4.74 Å². The average Bonchev–Trinajstić information content (AvgIpc) is 2.53. The highest BCUT2D eigenvalue weighted by atomic mass is 16.5. The summed E-state index contributed by atoms with van der Waals surface area (Å²) in [4.78, 5) is 0. The number of benzene rings is 1. The molecule has 1 aliphatic heterocycles. The van der Waals surface area contributed by atoms with Crippen LogP contribution in [0.3, 0.4) is 0 Å². The first-order valence-corrected chi connectivity index (χ1v) is 9.81. The molecule has 0 saturated heterocycles. The SMILES string of the molecule is CCCCCCCc1cc(O)c2c(c1)OC(C)(CCC=C(C)C)C=C2. The lowest BCUT2D eigenvalue weighted by molar-refractivity contribution is 0.128. The van der Waals surface area contributed by atoms with Crippen molar-refractivity contribution in [3.63, 3.8) is 0 Å². The van der Waals surface area contributed by atoms with Crippen LogP contribution in [0.1, 0.15) is 83.8 Å². The molecule has 2 nitrogen and oxygen atoms in total. The van der Waals surface area contributed by atoms with Gasteiger partial charge in [0.25, 0.3) is 0 Å². The number of allylic oxidation sites excluding steroid dienone is 2. The largest absolute Gasteiger partial charge is 0.507 e. The van der Waals surface area contributed by atoms with E-state index in [0.29, 0.717) is 5.75 Å². The minimum atomic E-state index is -0.300. The second-order valence-corrected chi connectivity index (χ2v) is 7.76. The van der Waals surface area contributed by atoms with Crippen LogP contribution in [0.2, 0.25) is 0 Å². The summed E-state index contributed by atoms with van der Waals surface area (Å²) in [6, 6.07) is 4.02. The Bertz CT molecular complexity index is 623. The van der Waals surface area contributed by atoms with E-state index in [2.05, 4.69) is 45.9 Å². The highest BCUT2D eigenvalue weighted by Crippen LogP contribution is 2.39. The number of hydrogen-bond donors (Lipinski definition) is 1. The average molecular weight is 343 g/mol. The lowest BCUT2D eigenvalue weighted by Gasteiger charge is -2.32. The van der Waals surface area contributed by atoms with Crippen molar-refractivity contribution in [2.75, 3.05) is 0 Å². The third-order valence-electron chi connectivity index (χ3n) is 4.89. The van der Waals surface area contributed by atoms with Crippen molar-refractivity contribution in [1.29, 1.82) is 0 Å². The second kappa shape index (κ2) is 9.12. The van der Waals surface area contributed by atoms with Crippen molar-refractivity contribution >= 4 is 6.08 Å². The first-order chi connectivity index (χ1) is 11.9. The summed E-state index contributed by atoms with van der Waals surface area (Å²) in [5.41, 5.74) is 3.03. The second-order valence-electron chi connectivity index (χ2n) is 7.76. The third-order valence-corrected chi connectivity index (χ3v) is 4.89. The zero-order chi connectivity index (χ0) is 18.3. The molecule has 0 saturated carbocycles. The summed E-state index contributed by atoms with van der Waals surface area (Å²) in [7, 11) is 0. The summed E-state index contributed by atoms with van der Waals surface area (Å²) in [5, 5.41) is 10.4. The van der Waals surface area contributed by atoms with Gasteiger partial charge in [0.15, 0.2) is 0 Å². The number of aromatic hydroxyl groups is 1. The number of fused-ring (bicyclic) bond motifs is 1. The summed E-state index contributed by atoms with van der Waals surface area (Å²) >= 11 is 0. The van der Waals surface area contributed by atoms with E-state index >= 15 is 0 Å². The predicted octanol–water partition coefficient (Wildman–Crippen LogP) is 6.82. The van der Waals surface area contributed by atoms with E-state index in [0.717, 1.165) is 30.6 Å². The molecule has 2 rings (SSSR count). The number of aryl methyl sites for hydroxylation is 1. The van der Waals surface area contributed by atoms with Gasteiger partial charge in [-0.3, -0.25) is 0 Å². The van der Waals surface area contributed by atoms with Crippen LogP contribution in [-0.4, -0.2) is 10.7 Å². The molecule has 0 bridgehead atoms. The number of rotatable bonds is 9. The molecule has 2 heteroatoms. The fourth-order valence-electron chi connectivity index (χ4n) is 3.32. The lowest BCUT2D eigenvalue weighted by Crippen LogP contribution is -2.31. The molecular weight excluding hydrogens is 308 g/mol. The Balaban J connectivity index is 2.03. The topological polar surface area (TPSA) is 29.5 Å². The zero-order valence-electron chi connectivity index (χ0n) is 16.4. The summed E-state index contributed by atoms with van der Waals surface area (Å²) in [6.45, 7) is 8.61. The Labute approximate surface area is 153 Å². The van der Waals surface area contributed by atoms with Crippen molar-refractivity contribution in [3.05, 3.63) is 41.0 Å². The standard InChI is InChI=1S/C23H34O2/c1-5-6-7-8-9-12-19-16-21(24)20-13-15-23(4,25-22(20)17-19)14-10-11-18(2)3/h11,13,15-17,24H,5-10,12,14H2,1-4H3. The van der Waals surface area contributed by atoms with E-state index in [9.17, 15) is 5.11 Å². The van der Waals surface area contributed by atoms with Gasteiger partial charge in [-0.1, -0.05) is 44.3 Å². The first kappa shape index (κ1) is 19.6. The maximum Gasteiger partial charge on any atom is 0.131 e. The number of phenolic OH excluding ortho intramolecular Hbond substituents is 1. The molecule has 0 aliphatic carbocycles. The van der Waals surface area contributed by atoms with Crippen molar-refractivity contribution in [3.8, 4) is 11.5 Å². The molecule has 0 radical (unpaired) electrons. The molecule has 25 heavy (non-hydrogen) atoms. The summed E-state index contributed by atoms with van der Waals surface area (Å²) in [6.07, 6.45) is 15.6. The van der Waals surface area contributed by atoms with Crippen LogP contribution < -0.4 is 4.74 Å². The lowest BCUT2D eigenvalue weighted by atomic mass is 9.93. The van der Waals surface area contributed by atoms with Crippen molar-refractivity contribution in [2.45, 2.75) is 84.7 Å². The van der Waals surface area contributed by atoms with Gasteiger partial charge in [0.05, 0.1) is 5.56 Å². The normalized spacial score (nSPS) is 18.6. The van der Waals surface area contributed by atoms with Gasteiger partial charge in [0, 0.05) is 0 Å². The molecule has 0 fully saturated rings. The number of hydrogen-bond acceptors (Lipinski definition) is 2. The highest BCUT2D eigenvalue weighted by molar-refractivity contribution is 5.67. The Kier molecular flexibility index (Phi) is 7.16. The van der Waals surface area contributed by atoms with Gasteiger partial charge in [-0.2, -0.15) is 0 Å². The maximum absolute atomic E-state index is 10.4. The van der Waals surface area contributed by atoms with Crippen LogP contribution in [0.5, 0.6) is 11.5 Å². The highest BCUT2D eigenvalue weighted by Gasteiger charge is 2.28. The van der Waals surface area contributed by atoms with Crippen LogP contribution in [0.25, 0.3) is 6.08 Å². The molecule has 0 amide bonds. The molecular formula is C23H34O2. The van der Waals surface area contributed by atoms with Crippen LogP contribution >= 0.6 is 0 Å². The van der Waals surface area contributed by atoms with E-state index in [1.807, 2.05) is 12.1 Å². The maximum atomic E-state index is 10.4. The Morgan fingerprint density at radius 1 is 1.16 bits per heavy atom. The van der Waals surface area contributed by atoms with Crippen LogP contribution in [-0.2, 0) is 6.42 Å². The molecule has 0 spiro atoms. The van der Waals surface area contributed by atoms with Gasteiger partial charge in [-0.15, -0.1) is 0 Å². The molecule has 1 N–H and O–H groups in total.